The second-order valence-electron chi connectivity index (χ2n) is 7.33. The lowest BCUT2D eigenvalue weighted by Crippen LogP contribution is -2.58. The molecule has 2 heterocycles. The van der Waals surface area contributed by atoms with Crippen molar-refractivity contribution in [1.29, 1.82) is 0 Å². The SMILES string of the molecule is COc1nccnc1NS(=O)(=O)c1ccc(N2C(N)=NC(N)=NC23CCCCC3)cc1. The molecule has 1 spiro atoms. The Morgan fingerprint density at radius 2 is 1.74 bits per heavy atom. The highest BCUT2D eigenvalue weighted by Crippen LogP contribution is 2.39. The van der Waals surface area contributed by atoms with Gasteiger partial charge in [0.15, 0.2) is 0 Å². The van der Waals surface area contributed by atoms with E-state index in [0.717, 1.165) is 32.1 Å². The van der Waals surface area contributed by atoms with E-state index in [-0.39, 0.29) is 28.5 Å². The van der Waals surface area contributed by atoms with E-state index in [0.29, 0.717) is 5.69 Å². The maximum absolute atomic E-state index is 12.8. The highest BCUT2D eigenvalue weighted by atomic mass is 32.2. The quantitative estimate of drug-likeness (QED) is 0.623. The molecule has 12 heteroatoms. The summed E-state index contributed by atoms with van der Waals surface area (Å²) in [4.78, 5) is 18.6. The van der Waals surface area contributed by atoms with Gasteiger partial charge in [0, 0.05) is 18.1 Å². The Labute approximate surface area is 180 Å². The summed E-state index contributed by atoms with van der Waals surface area (Å²) in [6.07, 6.45) is 7.48. The second-order valence-corrected chi connectivity index (χ2v) is 9.01. The molecule has 0 unspecified atom stereocenters. The van der Waals surface area contributed by atoms with Crippen molar-refractivity contribution >= 4 is 33.4 Å². The molecule has 0 bridgehead atoms. The van der Waals surface area contributed by atoms with Gasteiger partial charge in [-0.3, -0.25) is 9.62 Å². The van der Waals surface area contributed by atoms with Crippen LogP contribution in [0.15, 0.2) is 51.5 Å². The van der Waals surface area contributed by atoms with E-state index in [2.05, 4.69) is 24.7 Å². The number of nitrogens with one attached hydrogen (secondary N) is 1. The molecule has 1 aromatic carbocycles. The molecule has 1 aliphatic heterocycles. The third-order valence-corrected chi connectivity index (χ3v) is 6.70. The fourth-order valence-corrected chi connectivity index (χ4v) is 5.01. The molecule has 1 aromatic heterocycles. The molecule has 31 heavy (non-hydrogen) atoms. The van der Waals surface area contributed by atoms with Crippen LogP contribution >= 0.6 is 0 Å². The van der Waals surface area contributed by atoms with Gasteiger partial charge < -0.3 is 16.2 Å². The topological polar surface area (TPSA) is 161 Å². The first-order chi connectivity index (χ1) is 14.8. The van der Waals surface area contributed by atoms with Gasteiger partial charge in [0.05, 0.1) is 12.0 Å². The fraction of sp³-hybridized carbons (Fsp3) is 0.368. The molecule has 164 valence electrons. The molecular formula is C19H24N8O3S. The van der Waals surface area contributed by atoms with Gasteiger partial charge in [-0.25, -0.2) is 23.4 Å². The number of sulfonamides is 1. The molecule has 1 fully saturated rings. The molecule has 5 N–H and O–H groups in total. The number of hydrogen-bond donors (Lipinski definition) is 3. The molecule has 1 aliphatic carbocycles. The third-order valence-electron chi connectivity index (χ3n) is 5.35. The van der Waals surface area contributed by atoms with Gasteiger partial charge in [0.25, 0.3) is 15.9 Å². The molecule has 1 saturated carbocycles. The number of nitrogens with zero attached hydrogens (tertiary/aromatic N) is 5. The average molecular weight is 445 g/mol. The Kier molecular flexibility index (Phi) is 5.39. The van der Waals surface area contributed by atoms with Gasteiger partial charge >= 0.3 is 0 Å². The summed E-state index contributed by atoms with van der Waals surface area (Å²) in [5, 5.41) is 0. The summed E-state index contributed by atoms with van der Waals surface area (Å²) in [6, 6.07) is 6.34. The summed E-state index contributed by atoms with van der Waals surface area (Å²) >= 11 is 0. The Morgan fingerprint density at radius 1 is 1.06 bits per heavy atom. The minimum atomic E-state index is -3.91. The highest BCUT2D eigenvalue weighted by Gasteiger charge is 2.42. The maximum Gasteiger partial charge on any atom is 0.263 e. The van der Waals surface area contributed by atoms with Crippen LogP contribution in [0.2, 0.25) is 0 Å². The van der Waals surface area contributed by atoms with Gasteiger partial charge in [-0.2, -0.15) is 4.99 Å². The predicted molar refractivity (Wildman–Crippen MR) is 117 cm³/mol. The largest absolute Gasteiger partial charge is 0.478 e. The molecular weight excluding hydrogens is 420 g/mol. The lowest BCUT2D eigenvalue weighted by Gasteiger charge is -2.45. The van der Waals surface area contributed by atoms with Gasteiger partial charge in [-0.15, -0.1) is 0 Å². The van der Waals surface area contributed by atoms with Gasteiger partial charge in [-0.05, 0) is 49.9 Å². The summed E-state index contributed by atoms with van der Waals surface area (Å²) in [6.45, 7) is 0. The van der Waals surface area contributed by atoms with Crippen molar-refractivity contribution in [2.24, 2.45) is 21.5 Å². The number of methoxy groups -OCH3 is 1. The number of anilines is 2. The number of guanidine groups is 2. The molecule has 0 amide bonds. The van der Waals surface area contributed by atoms with E-state index in [1.807, 2.05) is 4.90 Å². The summed E-state index contributed by atoms with van der Waals surface area (Å²) in [7, 11) is -2.52. The molecule has 4 rings (SSSR count). The number of aliphatic imine (C=N–C) groups is 2. The van der Waals surface area contributed by atoms with E-state index in [1.54, 1.807) is 12.1 Å². The molecule has 2 aliphatic rings. The standard InChI is InChI=1S/C19H24N8O3S/c1-30-16-15(22-11-12-23-16)26-31(28,29)14-7-5-13(6-8-14)27-18(21)24-17(20)25-19(27)9-3-2-4-10-19/h5-8,11-12H,2-4,9-10H2,1H3,(H,22,26)(H4,20,21,24,25). The average Bonchev–Trinajstić information content (AvgIpc) is 2.74. The van der Waals surface area contributed by atoms with Crippen molar-refractivity contribution in [2.75, 3.05) is 16.7 Å². The van der Waals surface area contributed by atoms with E-state index in [9.17, 15) is 8.42 Å². The highest BCUT2D eigenvalue weighted by molar-refractivity contribution is 7.92. The number of benzene rings is 1. The van der Waals surface area contributed by atoms with Crippen molar-refractivity contribution in [1.82, 2.24) is 9.97 Å². The number of hydrogen-bond acceptors (Lipinski definition) is 10. The van der Waals surface area contributed by atoms with Crippen LogP contribution in [0, 0.1) is 0 Å². The Morgan fingerprint density at radius 3 is 2.42 bits per heavy atom. The van der Waals surface area contributed by atoms with Crippen molar-refractivity contribution < 1.29 is 13.2 Å². The molecule has 11 nitrogen and oxygen atoms in total. The summed E-state index contributed by atoms with van der Waals surface area (Å²) < 4.78 is 33.1. The zero-order valence-electron chi connectivity index (χ0n) is 17.0. The number of aromatic nitrogens is 2. The lowest BCUT2D eigenvalue weighted by atomic mass is 9.87. The Balaban J connectivity index is 1.63. The lowest BCUT2D eigenvalue weighted by molar-refractivity contribution is 0.305. The summed E-state index contributed by atoms with van der Waals surface area (Å²) in [5.41, 5.74) is 12.2. The number of nitrogens with two attached hydrogens (primary N) is 2. The van der Waals surface area contributed by atoms with Crippen LogP contribution in [0.3, 0.4) is 0 Å². The van der Waals surface area contributed by atoms with Gasteiger partial charge in [0.1, 0.15) is 5.66 Å². The Hall–Kier alpha value is -3.41. The first-order valence-electron chi connectivity index (χ1n) is 9.82. The minimum absolute atomic E-state index is 0.00690. The summed E-state index contributed by atoms with van der Waals surface area (Å²) in [5.74, 6) is 0.492. The monoisotopic (exact) mass is 444 g/mol. The van der Waals surface area contributed by atoms with E-state index >= 15 is 0 Å². The van der Waals surface area contributed by atoms with Crippen LogP contribution in [-0.4, -0.2) is 43.1 Å². The first-order valence-corrected chi connectivity index (χ1v) is 11.3. The smallest absolute Gasteiger partial charge is 0.263 e. The number of ether oxygens (including phenoxy) is 1. The first kappa shape index (κ1) is 20.8. The van der Waals surface area contributed by atoms with Crippen LogP contribution in [-0.2, 0) is 10.0 Å². The Bertz CT molecular complexity index is 1130. The van der Waals surface area contributed by atoms with E-state index < -0.39 is 15.7 Å². The molecule has 0 radical (unpaired) electrons. The predicted octanol–water partition coefficient (Wildman–Crippen LogP) is 1.40. The second kappa shape index (κ2) is 8.02. The van der Waals surface area contributed by atoms with E-state index in [1.165, 1.54) is 31.6 Å². The van der Waals surface area contributed by atoms with Crippen LogP contribution in [0.5, 0.6) is 5.88 Å². The van der Waals surface area contributed by atoms with Crippen molar-refractivity contribution in [2.45, 2.75) is 42.7 Å². The van der Waals surface area contributed by atoms with Gasteiger partial charge in [0.2, 0.25) is 17.7 Å². The van der Waals surface area contributed by atoms with E-state index in [4.69, 9.17) is 16.2 Å². The van der Waals surface area contributed by atoms with Crippen molar-refractivity contribution in [3.8, 4) is 5.88 Å². The van der Waals surface area contributed by atoms with Crippen LogP contribution < -0.4 is 25.8 Å². The molecule has 2 aromatic rings. The van der Waals surface area contributed by atoms with Crippen LogP contribution in [0.25, 0.3) is 0 Å². The van der Waals surface area contributed by atoms with Crippen molar-refractivity contribution in [3.63, 3.8) is 0 Å². The zero-order chi connectivity index (χ0) is 22.1. The zero-order valence-corrected chi connectivity index (χ0v) is 17.8. The van der Waals surface area contributed by atoms with Crippen LogP contribution in [0.4, 0.5) is 11.5 Å². The van der Waals surface area contributed by atoms with Gasteiger partial charge in [-0.1, -0.05) is 6.42 Å². The normalized spacial score (nSPS) is 18.3. The molecule has 0 saturated heterocycles. The fourth-order valence-electron chi connectivity index (χ4n) is 4.00. The molecule has 0 atom stereocenters. The van der Waals surface area contributed by atoms with Crippen LogP contribution in [0.1, 0.15) is 32.1 Å². The van der Waals surface area contributed by atoms with Crippen molar-refractivity contribution in [3.05, 3.63) is 36.7 Å². The minimum Gasteiger partial charge on any atom is -0.478 e. The number of rotatable bonds is 5. The maximum atomic E-state index is 12.8. The third kappa shape index (κ3) is 3.98.